The number of pyridine rings is 1. The molecule has 2 aromatic heterocycles. The lowest BCUT2D eigenvalue weighted by atomic mass is 9.91. The summed E-state index contributed by atoms with van der Waals surface area (Å²) in [5.74, 6) is 1.51. The zero-order valence-electron chi connectivity index (χ0n) is 13.7. The van der Waals surface area contributed by atoms with E-state index in [1.807, 2.05) is 31.3 Å². The van der Waals surface area contributed by atoms with Crippen molar-refractivity contribution >= 4 is 11.6 Å². The van der Waals surface area contributed by atoms with Gasteiger partial charge in [0.25, 0.3) is 0 Å². The van der Waals surface area contributed by atoms with Crippen molar-refractivity contribution in [3.8, 4) is 0 Å². The zero-order chi connectivity index (χ0) is 15.7. The van der Waals surface area contributed by atoms with E-state index in [2.05, 4.69) is 28.1 Å². The molecule has 0 aliphatic carbocycles. The van der Waals surface area contributed by atoms with E-state index in [-0.39, 0.29) is 5.91 Å². The number of carbonyl (C=O) groups excluding carboxylic acids is 1. The van der Waals surface area contributed by atoms with Gasteiger partial charge in [-0.05, 0) is 43.7 Å². The summed E-state index contributed by atoms with van der Waals surface area (Å²) in [6.45, 7) is 8.33. The highest BCUT2D eigenvalue weighted by Crippen LogP contribution is 2.22. The third-order valence-electron chi connectivity index (χ3n) is 4.63. The van der Waals surface area contributed by atoms with Gasteiger partial charge in [-0.2, -0.15) is 0 Å². The van der Waals surface area contributed by atoms with Gasteiger partial charge < -0.3 is 9.30 Å². The van der Waals surface area contributed by atoms with Crippen LogP contribution in [0.1, 0.15) is 38.1 Å². The van der Waals surface area contributed by atoms with Crippen LogP contribution in [0.5, 0.6) is 0 Å². The number of carbonyl (C=O) groups is 1. The van der Waals surface area contributed by atoms with E-state index in [0.29, 0.717) is 18.3 Å². The number of hydrogen-bond acceptors (Lipinski definition) is 2. The highest BCUT2D eigenvalue weighted by atomic mass is 16.2. The first-order valence-corrected chi connectivity index (χ1v) is 8.25. The van der Waals surface area contributed by atoms with Gasteiger partial charge in [0.2, 0.25) is 5.91 Å². The summed E-state index contributed by atoms with van der Waals surface area (Å²) < 4.78 is 2.10. The smallest absolute Gasteiger partial charge is 0.222 e. The van der Waals surface area contributed by atoms with Gasteiger partial charge in [0.1, 0.15) is 5.65 Å². The van der Waals surface area contributed by atoms with Crippen molar-refractivity contribution in [1.82, 2.24) is 14.3 Å². The number of fused-ring (bicyclic) bond motifs is 1. The van der Waals surface area contributed by atoms with Gasteiger partial charge in [0.05, 0.1) is 5.69 Å². The minimum atomic E-state index is 0.281. The van der Waals surface area contributed by atoms with Crippen molar-refractivity contribution in [2.24, 2.45) is 11.8 Å². The summed E-state index contributed by atoms with van der Waals surface area (Å²) in [5.41, 5.74) is 3.14. The van der Waals surface area contributed by atoms with Crippen LogP contribution in [0.4, 0.5) is 0 Å². The lowest BCUT2D eigenvalue weighted by Crippen LogP contribution is -2.42. The van der Waals surface area contributed by atoms with Crippen LogP contribution in [-0.4, -0.2) is 33.3 Å². The summed E-state index contributed by atoms with van der Waals surface area (Å²) in [6, 6.07) is 6.01. The van der Waals surface area contributed by atoms with Crippen molar-refractivity contribution in [2.45, 2.75) is 40.0 Å². The van der Waals surface area contributed by atoms with Crippen molar-refractivity contribution in [2.75, 3.05) is 13.1 Å². The number of nitrogens with zero attached hydrogens (tertiary/aromatic N) is 3. The number of rotatable bonds is 3. The summed E-state index contributed by atoms with van der Waals surface area (Å²) in [6.07, 6.45) is 4.59. The Morgan fingerprint density at radius 2 is 2.00 bits per heavy atom. The van der Waals surface area contributed by atoms with Crippen LogP contribution in [0.3, 0.4) is 0 Å². The third-order valence-corrected chi connectivity index (χ3v) is 4.63. The molecule has 1 amide bonds. The van der Waals surface area contributed by atoms with E-state index in [9.17, 15) is 4.79 Å². The molecule has 0 aromatic carbocycles. The molecule has 1 aliphatic rings. The van der Waals surface area contributed by atoms with Gasteiger partial charge in [0, 0.05) is 31.4 Å². The van der Waals surface area contributed by atoms with E-state index in [4.69, 9.17) is 0 Å². The van der Waals surface area contributed by atoms with E-state index >= 15 is 0 Å². The standard InChI is InChI=1S/C18H25N3O/c1-13-10-14(2)12-20(11-13)18(22)8-7-16-15(3)19-17-6-4-5-9-21(16)17/h4-6,9,13-14H,7-8,10-12H2,1-3H3. The van der Waals surface area contributed by atoms with E-state index < -0.39 is 0 Å². The normalized spacial score (nSPS) is 22.2. The van der Waals surface area contributed by atoms with Crippen molar-refractivity contribution in [3.05, 3.63) is 35.8 Å². The topological polar surface area (TPSA) is 37.6 Å². The Balaban J connectivity index is 1.69. The van der Waals surface area contributed by atoms with Gasteiger partial charge in [-0.1, -0.05) is 19.9 Å². The quantitative estimate of drug-likeness (QED) is 0.873. The predicted molar refractivity (Wildman–Crippen MR) is 87.8 cm³/mol. The van der Waals surface area contributed by atoms with Crippen molar-refractivity contribution < 1.29 is 4.79 Å². The molecule has 0 saturated carbocycles. The predicted octanol–water partition coefficient (Wildman–Crippen LogP) is 3.08. The molecule has 2 unspecified atom stereocenters. The Kier molecular flexibility index (Phi) is 4.19. The van der Waals surface area contributed by atoms with Crippen LogP contribution >= 0.6 is 0 Å². The maximum atomic E-state index is 12.5. The van der Waals surface area contributed by atoms with Crippen LogP contribution in [0.2, 0.25) is 0 Å². The molecule has 0 spiro atoms. The first kappa shape index (κ1) is 15.1. The first-order valence-electron chi connectivity index (χ1n) is 8.25. The zero-order valence-corrected chi connectivity index (χ0v) is 13.7. The Morgan fingerprint density at radius 1 is 1.27 bits per heavy atom. The third kappa shape index (κ3) is 3.01. The van der Waals surface area contributed by atoms with Gasteiger partial charge in [0.15, 0.2) is 0 Å². The van der Waals surface area contributed by atoms with Crippen LogP contribution in [0.25, 0.3) is 5.65 Å². The minimum absolute atomic E-state index is 0.281. The fourth-order valence-corrected chi connectivity index (χ4v) is 3.72. The van der Waals surface area contributed by atoms with Gasteiger partial charge >= 0.3 is 0 Å². The molecule has 2 aromatic rings. The van der Waals surface area contributed by atoms with E-state index in [1.165, 1.54) is 6.42 Å². The van der Waals surface area contributed by atoms with Crippen molar-refractivity contribution in [1.29, 1.82) is 0 Å². The van der Waals surface area contributed by atoms with E-state index in [0.717, 1.165) is 36.5 Å². The summed E-state index contributed by atoms with van der Waals surface area (Å²) in [5, 5.41) is 0. The lowest BCUT2D eigenvalue weighted by Gasteiger charge is -2.35. The molecule has 1 aliphatic heterocycles. The van der Waals surface area contributed by atoms with Gasteiger partial charge in [-0.3, -0.25) is 4.79 Å². The molecule has 22 heavy (non-hydrogen) atoms. The molecule has 0 N–H and O–H groups in total. The number of piperidine rings is 1. The average molecular weight is 299 g/mol. The van der Waals surface area contributed by atoms with Gasteiger partial charge in [-0.25, -0.2) is 4.98 Å². The Hall–Kier alpha value is -1.84. The van der Waals surface area contributed by atoms with Crippen molar-refractivity contribution in [3.63, 3.8) is 0 Å². The molecule has 4 heteroatoms. The summed E-state index contributed by atoms with van der Waals surface area (Å²) >= 11 is 0. The van der Waals surface area contributed by atoms with E-state index in [1.54, 1.807) is 0 Å². The largest absolute Gasteiger partial charge is 0.342 e. The monoisotopic (exact) mass is 299 g/mol. The Bertz CT molecular complexity index is 666. The second-order valence-electron chi connectivity index (χ2n) is 6.82. The highest BCUT2D eigenvalue weighted by molar-refractivity contribution is 5.76. The Morgan fingerprint density at radius 3 is 2.73 bits per heavy atom. The SMILES string of the molecule is Cc1nc2ccccn2c1CCC(=O)N1CC(C)CC(C)C1. The van der Waals surface area contributed by atoms with Gasteiger partial charge in [-0.15, -0.1) is 0 Å². The fourth-order valence-electron chi connectivity index (χ4n) is 3.72. The fraction of sp³-hybridized carbons (Fsp3) is 0.556. The second kappa shape index (κ2) is 6.11. The first-order chi connectivity index (χ1) is 10.5. The summed E-state index contributed by atoms with van der Waals surface area (Å²) in [4.78, 5) is 19.1. The molecule has 3 rings (SSSR count). The number of imidazole rings is 1. The molecule has 2 atom stereocenters. The van der Waals surface area contributed by atoms with Crippen LogP contribution in [-0.2, 0) is 11.2 Å². The molecule has 4 nitrogen and oxygen atoms in total. The number of hydrogen-bond donors (Lipinski definition) is 0. The molecule has 0 radical (unpaired) electrons. The summed E-state index contributed by atoms with van der Waals surface area (Å²) in [7, 11) is 0. The maximum absolute atomic E-state index is 12.5. The molecule has 1 fully saturated rings. The second-order valence-corrected chi connectivity index (χ2v) is 6.82. The minimum Gasteiger partial charge on any atom is -0.342 e. The van der Waals surface area contributed by atoms with Crippen LogP contribution in [0, 0.1) is 18.8 Å². The average Bonchev–Trinajstić information content (AvgIpc) is 2.79. The lowest BCUT2D eigenvalue weighted by molar-refractivity contribution is -0.133. The number of likely N-dealkylation sites (tertiary alicyclic amines) is 1. The molecule has 1 saturated heterocycles. The molecule has 0 bridgehead atoms. The highest BCUT2D eigenvalue weighted by Gasteiger charge is 2.25. The molecular weight excluding hydrogens is 274 g/mol. The maximum Gasteiger partial charge on any atom is 0.222 e. The number of aromatic nitrogens is 2. The number of aryl methyl sites for hydroxylation is 2. The number of amides is 1. The molecular formula is C18H25N3O. The molecule has 3 heterocycles. The van der Waals surface area contributed by atoms with Crippen LogP contribution < -0.4 is 0 Å². The molecule has 118 valence electrons. The Labute approximate surface area is 132 Å². The van der Waals surface area contributed by atoms with Crippen LogP contribution in [0.15, 0.2) is 24.4 Å².